The molecule has 0 spiro atoms. The van der Waals surface area contributed by atoms with Gasteiger partial charge in [-0.3, -0.25) is 0 Å². The predicted octanol–water partition coefficient (Wildman–Crippen LogP) is 3.56. The van der Waals surface area contributed by atoms with Crippen molar-refractivity contribution in [3.05, 3.63) is 30.1 Å². The van der Waals surface area contributed by atoms with E-state index in [9.17, 15) is 4.79 Å². The van der Waals surface area contributed by atoms with Gasteiger partial charge in [-0.2, -0.15) is 0 Å². The van der Waals surface area contributed by atoms with Crippen LogP contribution >= 0.6 is 0 Å². The van der Waals surface area contributed by atoms with E-state index in [0.717, 1.165) is 23.5 Å². The van der Waals surface area contributed by atoms with E-state index in [1.807, 2.05) is 6.33 Å². The van der Waals surface area contributed by atoms with E-state index in [1.165, 1.54) is 25.7 Å². The zero-order chi connectivity index (χ0) is 14.1. The van der Waals surface area contributed by atoms with Crippen molar-refractivity contribution < 1.29 is 9.90 Å². The van der Waals surface area contributed by atoms with E-state index < -0.39 is 5.97 Å². The van der Waals surface area contributed by atoms with Crippen LogP contribution in [0.3, 0.4) is 0 Å². The average molecular weight is 272 g/mol. The van der Waals surface area contributed by atoms with Gasteiger partial charge in [-0.05, 0) is 42.9 Å². The fourth-order valence-electron chi connectivity index (χ4n) is 3.13. The Bertz CT molecular complexity index is 624. The largest absolute Gasteiger partial charge is 0.478 e. The molecule has 1 heterocycles. The highest BCUT2D eigenvalue weighted by Gasteiger charge is 2.19. The molecule has 0 radical (unpaired) electrons. The third-order valence-corrected chi connectivity index (χ3v) is 4.46. The van der Waals surface area contributed by atoms with E-state index in [4.69, 9.17) is 5.11 Å². The fraction of sp³-hybridized carbons (Fsp3) is 0.500. The van der Waals surface area contributed by atoms with Gasteiger partial charge in [-0.25, -0.2) is 9.78 Å². The highest BCUT2D eigenvalue weighted by molar-refractivity contribution is 5.92. The Labute approximate surface area is 118 Å². The van der Waals surface area contributed by atoms with Crippen LogP contribution in [0.15, 0.2) is 24.5 Å². The molecule has 1 aliphatic carbocycles. The molecule has 1 saturated carbocycles. The quantitative estimate of drug-likeness (QED) is 0.929. The van der Waals surface area contributed by atoms with Crippen LogP contribution in [-0.4, -0.2) is 20.6 Å². The first-order valence-electron chi connectivity index (χ1n) is 7.31. The number of fused-ring (bicyclic) bond motifs is 1. The van der Waals surface area contributed by atoms with Crippen molar-refractivity contribution >= 4 is 17.0 Å². The first-order chi connectivity index (χ1) is 9.63. The van der Waals surface area contributed by atoms with E-state index in [0.29, 0.717) is 11.5 Å². The molecule has 4 heteroatoms. The van der Waals surface area contributed by atoms with Gasteiger partial charge in [-0.15, -0.1) is 0 Å². The number of aromatic carboxylic acids is 1. The Kier molecular flexibility index (Phi) is 3.47. The van der Waals surface area contributed by atoms with Crippen molar-refractivity contribution in [2.75, 3.05) is 0 Å². The minimum absolute atomic E-state index is 0.330. The maximum absolute atomic E-state index is 11.1. The fourth-order valence-corrected chi connectivity index (χ4v) is 3.13. The number of carbonyl (C=O) groups is 1. The minimum atomic E-state index is -0.883. The molecule has 0 saturated heterocycles. The maximum atomic E-state index is 11.1. The molecule has 106 valence electrons. The molecule has 0 bridgehead atoms. The second-order valence-corrected chi connectivity index (χ2v) is 6.03. The van der Waals surface area contributed by atoms with E-state index in [-0.39, 0.29) is 0 Å². The molecule has 0 aliphatic heterocycles. The number of carboxylic acids is 1. The number of imidazole rings is 1. The highest BCUT2D eigenvalue weighted by atomic mass is 16.4. The Balaban J connectivity index is 1.84. The molecule has 0 atom stereocenters. The van der Waals surface area contributed by atoms with Crippen molar-refractivity contribution in [3.63, 3.8) is 0 Å². The molecule has 0 amide bonds. The monoisotopic (exact) mass is 272 g/mol. The summed E-state index contributed by atoms with van der Waals surface area (Å²) in [4.78, 5) is 15.4. The molecule has 4 nitrogen and oxygen atoms in total. The average Bonchev–Trinajstić information content (AvgIpc) is 2.84. The Hall–Kier alpha value is -1.84. The summed E-state index contributed by atoms with van der Waals surface area (Å²) in [7, 11) is 0. The minimum Gasteiger partial charge on any atom is -0.478 e. The standard InChI is InChI=1S/C16H20N2O2/c1-11-2-4-12(5-3-11)9-18-10-17-14-7-6-13(16(19)20)8-15(14)18/h6-8,10-12H,2-5,9H2,1H3,(H,19,20). The van der Waals surface area contributed by atoms with Crippen molar-refractivity contribution in [3.8, 4) is 0 Å². The van der Waals surface area contributed by atoms with Gasteiger partial charge in [-0.1, -0.05) is 19.8 Å². The topological polar surface area (TPSA) is 55.1 Å². The number of hydrogen-bond acceptors (Lipinski definition) is 2. The third-order valence-electron chi connectivity index (χ3n) is 4.46. The number of nitrogens with zero attached hydrogens (tertiary/aromatic N) is 2. The molecule has 1 aliphatic rings. The smallest absolute Gasteiger partial charge is 0.335 e. The van der Waals surface area contributed by atoms with Crippen LogP contribution in [0.4, 0.5) is 0 Å². The first-order valence-corrected chi connectivity index (χ1v) is 7.31. The normalized spacial score (nSPS) is 23.1. The molecular formula is C16H20N2O2. The number of carboxylic acid groups (broad SMARTS) is 1. The molecule has 1 aromatic heterocycles. The second kappa shape index (κ2) is 5.27. The zero-order valence-electron chi connectivity index (χ0n) is 11.7. The summed E-state index contributed by atoms with van der Waals surface area (Å²) in [5.41, 5.74) is 2.14. The van der Waals surface area contributed by atoms with Crippen LogP contribution in [0.5, 0.6) is 0 Å². The summed E-state index contributed by atoms with van der Waals surface area (Å²) in [6.45, 7) is 3.27. The lowest BCUT2D eigenvalue weighted by atomic mass is 9.83. The molecule has 2 aromatic rings. The molecule has 1 N–H and O–H groups in total. The second-order valence-electron chi connectivity index (χ2n) is 6.03. The van der Waals surface area contributed by atoms with Gasteiger partial charge in [0.15, 0.2) is 0 Å². The van der Waals surface area contributed by atoms with Crippen LogP contribution < -0.4 is 0 Å². The lowest BCUT2D eigenvalue weighted by Gasteiger charge is -2.26. The van der Waals surface area contributed by atoms with Crippen molar-refractivity contribution in [2.24, 2.45) is 11.8 Å². The van der Waals surface area contributed by atoms with Crippen molar-refractivity contribution in [2.45, 2.75) is 39.2 Å². The van der Waals surface area contributed by atoms with E-state index in [1.54, 1.807) is 18.2 Å². The summed E-state index contributed by atoms with van der Waals surface area (Å²) in [5, 5.41) is 9.09. The summed E-state index contributed by atoms with van der Waals surface area (Å²) < 4.78 is 2.11. The molecule has 1 aromatic carbocycles. The number of rotatable bonds is 3. The van der Waals surface area contributed by atoms with Crippen LogP contribution in [-0.2, 0) is 6.54 Å². The van der Waals surface area contributed by atoms with Crippen molar-refractivity contribution in [1.82, 2.24) is 9.55 Å². The Morgan fingerprint density at radius 2 is 2.10 bits per heavy atom. The van der Waals surface area contributed by atoms with Gasteiger partial charge >= 0.3 is 5.97 Å². The molecule has 0 unspecified atom stereocenters. The van der Waals surface area contributed by atoms with E-state index >= 15 is 0 Å². The van der Waals surface area contributed by atoms with Gasteiger partial charge < -0.3 is 9.67 Å². The summed E-state index contributed by atoms with van der Waals surface area (Å²) in [5.74, 6) is 0.660. The van der Waals surface area contributed by atoms with Gasteiger partial charge in [0.25, 0.3) is 0 Å². The Morgan fingerprint density at radius 3 is 2.80 bits per heavy atom. The van der Waals surface area contributed by atoms with Crippen molar-refractivity contribution in [1.29, 1.82) is 0 Å². The molecular weight excluding hydrogens is 252 g/mol. The molecule has 1 fully saturated rings. The van der Waals surface area contributed by atoms with Gasteiger partial charge in [0.05, 0.1) is 22.9 Å². The van der Waals surface area contributed by atoms with E-state index in [2.05, 4.69) is 16.5 Å². The Morgan fingerprint density at radius 1 is 1.35 bits per heavy atom. The van der Waals surface area contributed by atoms with Crippen LogP contribution in [0.25, 0.3) is 11.0 Å². The lowest BCUT2D eigenvalue weighted by Crippen LogP contribution is -2.17. The third kappa shape index (κ3) is 2.55. The van der Waals surface area contributed by atoms with Gasteiger partial charge in [0.1, 0.15) is 0 Å². The highest BCUT2D eigenvalue weighted by Crippen LogP contribution is 2.30. The first kappa shape index (κ1) is 13.2. The summed E-state index contributed by atoms with van der Waals surface area (Å²) >= 11 is 0. The summed E-state index contributed by atoms with van der Waals surface area (Å²) in [6, 6.07) is 5.14. The summed E-state index contributed by atoms with van der Waals surface area (Å²) in [6.07, 6.45) is 6.97. The molecule has 20 heavy (non-hydrogen) atoms. The predicted molar refractivity (Wildman–Crippen MR) is 77.8 cm³/mol. The number of aromatic nitrogens is 2. The molecule has 3 rings (SSSR count). The number of hydrogen-bond donors (Lipinski definition) is 1. The maximum Gasteiger partial charge on any atom is 0.335 e. The lowest BCUT2D eigenvalue weighted by molar-refractivity contribution is 0.0697. The van der Waals surface area contributed by atoms with Crippen LogP contribution in [0, 0.1) is 11.8 Å². The van der Waals surface area contributed by atoms with Gasteiger partial charge in [0.2, 0.25) is 0 Å². The van der Waals surface area contributed by atoms with Crippen LogP contribution in [0.2, 0.25) is 0 Å². The van der Waals surface area contributed by atoms with Crippen LogP contribution in [0.1, 0.15) is 43.0 Å². The van der Waals surface area contributed by atoms with Gasteiger partial charge in [0, 0.05) is 6.54 Å². The SMILES string of the molecule is CC1CCC(Cn2cnc3ccc(C(=O)O)cc32)CC1. The number of benzene rings is 1. The zero-order valence-corrected chi connectivity index (χ0v) is 11.7.